The van der Waals surface area contributed by atoms with Crippen LogP contribution < -0.4 is 10.6 Å². The SMILES string of the molecule is CCc1cnc2[nH]ncc2c1NC1CCCN(C(=O)CNc2cccc(C(F)(F)F)c2)C1. The quantitative estimate of drug-likeness (QED) is 0.532. The van der Waals surface area contributed by atoms with Crippen LogP contribution in [0.5, 0.6) is 0 Å². The Morgan fingerprint density at radius 1 is 1.31 bits per heavy atom. The Morgan fingerprint density at radius 2 is 2.16 bits per heavy atom. The number of nitrogens with zero attached hydrogens (tertiary/aromatic N) is 3. The number of halogens is 3. The van der Waals surface area contributed by atoms with E-state index >= 15 is 0 Å². The number of aromatic nitrogens is 3. The van der Waals surface area contributed by atoms with Gasteiger partial charge in [-0.15, -0.1) is 0 Å². The lowest BCUT2D eigenvalue weighted by atomic mass is 10.0. The largest absolute Gasteiger partial charge is 0.416 e. The molecule has 1 amide bonds. The topological polar surface area (TPSA) is 85.9 Å². The number of fused-ring (bicyclic) bond motifs is 1. The van der Waals surface area contributed by atoms with Crippen molar-refractivity contribution in [1.29, 1.82) is 0 Å². The third kappa shape index (κ3) is 4.79. The minimum absolute atomic E-state index is 0.0600. The van der Waals surface area contributed by atoms with Crippen LogP contribution in [-0.4, -0.2) is 51.7 Å². The number of anilines is 2. The molecule has 1 saturated heterocycles. The predicted octanol–water partition coefficient (Wildman–Crippen LogP) is 4.05. The maximum Gasteiger partial charge on any atom is 0.416 e. The summed E-state index contributed by atoms with van der Waals surface area (Å²) in [4.78, 5) is 18.9. The summed E-state index contributed by atoms with van der Waals surface area (Å²) in [6.45, 7) is 3.15. The lowest BCUT2D eigenvalue weighted by Gasteiger charge is -2.34. The molecule has 1 fully saturated rings. The van der Waals surface area contributed by atoms with Crippen LogP contribution in [0, 0.1) is 0 Å². The number of carbonyl (C=O) groups is 1. The fourth-order valence-electron chi connectivity index (χ4n) is 4.00. The first kappa shape index (κ1) is 21.9. The summed E-state index contributed by atoms with van der Waals surface area (Å²) in [5.41, 5.74) is 2.29. The predicted molar refractivity (Wildman–Crippen MR) is 116 cm³/mol. The molecule has 4 rings (SSSR count). The van der Waals surface area contributed by atoms with Gasteiger partial charge in [0.05, 0.1) is 29.4 Å². The minimum atomic E-state index is -4.42. The number of nitrogens with one attached hydrogen (secondary N) is 3. The van der Waals surface area contributed by atoms with Crippen LogP contribution in [0.3, 0.4) is 0 Å². The molecule has 32 heavy (non-hydrogen) atoms. The highest BCUT2D eigenvalue weighted by molar-refractivity contribution is 5.90. The molecule has 3 aromatic rings. The van der Waals surface area contributed by atoms with Gasteiger partial charge in [-0.1, -0.05) is 13.0 Å². The molecule has 2 aromatic heterocycles. The highest BCUT2D eigenvalue weighted by Gasteiger charge is 2.30. The van der Waals surface area contributed by atoms with Crippen molar-refractivity contribution in [3.05, 3.63) is 47.8 Å². The van der Waals surface area contributed by atoms with Gasteiger partial charge in [-0.3, -0.25) is 9.89 Å². The van der Waals surface area contributed by atoms with Gasteiger partial charge >= 0.3 is 6.18 Å². The maximum atomic E-state index is 12.9. The summed E-state index contributed by atoms with van der Waals surface area (Å²) in [6, 6.07) is 4.93. The first-order valence-corrected chi connectivity index (χ1v) is 10.6. The maximum absolute atomic E-state index is 12.9. The zero-order valence-electron chi connectivity index (χ0n) is 17.7. The molecule has 0 bridgehead atoms. The van der Waals surface area contributed by atoms with Crippen molar-refractivity contribution in [3.63, 3.8) is 0 Å². The molecule has 170 valence electrons. The second-order valence-electron chi connectivity index (χ2n) is 7.90. The molecule has 1 aliphatic rings. The van der Waals surface area contributed by atoms with Crippen molar-refractivity contribution < 1.29 is 18.0 Å². The van der Waals surface area contributed by atoms with E-state index in [9.17, 15) is 18.0 Å². The molecule has 1 unspecified atom stereocenters. The number of aromatic amines is 1. The molecule has 0 spiro atoms. The highest BCUT2D eigenvalue weighted by atomic mass is 19.4. The summed E-state index contributed by atoms with van der Waals surface area (Å²) in [7, 11) is 0. The number of hydrogen-bond acceptors (Lipinski definition) is 5. The van der Waals surface area contributed by atoms with Crippen molar-refractivity contribution >= 4 is 28.3 Å². The summed E-state index contributed by atoms with van der Waals surface area (Å²) >= 11 is 0. The second-order valence-corrected chi connectivity index (χ2v) is 7.90. The van der Waals surface area contributed by atoms with Crippen molar-refractivity contribution in [2.75, 3.05) is 30.3 Å². The van der Waals surface area contributed by atoms with E-state index in [4.69, 9.17) is 0 Å². The molecule has 0 saturated carbocycles. The number of piperidine rings is 1. The van der Waals surface area contributed by atoms with Crippen molar-refractivity contribution in [1.82, 2.24) is 20.1 Å². The van der Waals surface area contributed by atoms with Gasteiger partial charge in [-0.25, -0.2) is 4.98 Å². The fraction of sp³-hybridized carbons (Fsp3) is 0.409. The summed E-state index contributed by atoms with van der Waals surface area (Å²) in [6.07, 6.45) is 1.72. The van der Waals surface area contributed by atoms with Gasteiger partial charge in [0.15, 0.2) is 5.65 Å². The van der Waals surface area contributed by atoms with Gasteiger partial charge in [0.2, 0.25) is 5.91 Å². The van der Waals surface area contributed by atoms with Crippen LogP contribution in [0.4, 0.5) is 24.5 Å². The van der Waals surface area contributed by atoms with Gasteiger partial charge in [-0.2, -0.15) is 18.3 Å². The number of aryl methyl sites for hydroxylation is 1. The van der Waals surface area contributed by atoms with Gasteiger partial charge in [0.25, 0.3) is 0 Å². The zero-order valence-corrected chi connectivity index (χ0v) is 17.7. The third-order valence-electron chi connectivity index (χ3n) is 5.70. The Balaban J connectivity index is 1.39. The smallest absolute Gasteiger partial charge is 0.380 e. The molecule has 10 heteroatoms. The average Bonchev–Trinajstić information content (AvgIpc) is 3.27. The standard InChI is InChI=1S/C22H25F3N6O/c1-2-14-10-27-21-18(11-28-30-21)20(14)29-17-7-4-8-31(13-17)19(32)12-26-16-6-3-5-15(9-16)22(23,24)25/h3,5-6,9-11,17,26H,2,4,7-8,12-13H2,1H3,(H2,27,28,29,30). The molecule has 3 heterocycles. The van der Waals surface area contributed by atoms with E-state index < -0.39 is 11.7 Å². The Hall–Kier alpha value is -3.30. The van der Waals surface area contributed by atoms with Crippen molar-refractivity contribution in [2.45, 2.75) is 38.4 Å². The third-order valence-corrected chi connectivity index (χ3v) is 5.70. The first-order chi connectivity index (χ1) is 15.3. The van der Waals surface area contributed by atoms with E-state index in [-0.39, 0.29) is 24.2 Å². The van der Waals surface area contributed by atoms with E-state index in [0.29, 0.717) is 18.7 Å². The monoisotopic (exact) mass is 446 g/mol. The van der Waals surface area contributed by atoms with Crippen LogP contribution >= 0.6 is 0 Å². The van der Waals surface area contributed by atoms with Gasteiger partial charge in [0, 0.05) is 31.0 Å². The molecule has 0 aliphatic carbocycles. The number of pyridine rings is 1. The highest BCUT2D eigenvalue weighted by Crippen LogP contribution is 2.31. The van der Waals surface area contributed by atoms with E-state index in [1.54, 1.807) is 11.1 Å². The van der Waals surface area contributed by atoms with Gasteiger partial charge < -0.3 is 15.5 Å². The summed E-state index contributed by atoms with van der Waals surface area (Å²) in [5.74, 6) is -0.146. The zero-order chi connectivity index (χ0) is 22.7. The number of benzene rings is 1. The molecular weight excluding hydrogens is 421 g/mol. The van der Waals surface area contributed by atoms with E-state index in [1.807, 2.05) is 6.20 Å². The Kier molecular flexibility index (Phi) is 6.20. The number of H-pyrrole nitrogens is 1. The summed E-state index contributed by atoms with van der Waals surface area (Å²) < 4.78 is 38.7. The molecular formula is C22H25F3N6O. The van der Waals surface area contributed by atoms with Crippen molar-refractivity contribution in [3.8, 4) is 0 Å². The molecule has 1 aliphatic heterocycles. The number of amides is 1. The number of rotatable bonds is 6. The number of likely N-dealkylation sites (tertiary alicyclic amines) is 1. The van der Waals surface area contributed by atoms with E-state index in [1.165, 1.54) is 12.1 Å². The molecule has 0 radical (unpaired) electrons. The van der Waals surface area contributed by atoms with Crippen molar-refractivity contribution in [2.24, 2.45) is 0 Å². The van der Waals surface area contributed by atoms with Crippen LogP contribution in [0.1, 0.15) is 30.9 Å². The molecule has 3 N–H and O–H groups in total. The fourth-order valence-corrected chi connectivity index (χ4v) is 4.00. The molecule has 1 aromatic carbocycles. The number of hydrogen-bond donors (Lipinski definition) is 3. The number of alkyl halides is 3. The second kappa shape index (κ2) is 9.05. The van der Waals surface area contributed by atoms with Gasteiger partial charge in [-0.05, 0) is 43.0 Å². The van der Waals surface area contributed by atoms with Crippen LogP contribution in [-0.2, 0) is 17.4 Å². The normalized spacial score (nSPS) is 16.9. The van der Waals surface area contributed by atoms with Crippen LogP contribution in [0.2, 0.25) is 0 Å². The molecule has 1 atom stereocenters. The minimum Gasteiger partial charge on any atom is -0.380 e. The molecule has 7 nitrogen and oxygen atoms in total. The Bertz CT molecular complexity index is 1100. The van der Waals surface area contributed by atoms with E-state index in [2.05, 4.69) is 32.7 Å². The lowest BCUT2D eigenvalue weighted by molar-refractivity contribution is -0.137. The Morgan fingerprint density at radius 3 is 2.94 bits per heavy atom. The average molecular weight is 446 g/mol. The first-order valence-electron chi connectivity index (χ1n) is 10.6. The van der Waals surface area contributed by atoms with Crippen LogP contribution in [0.25, 0.3) is 11.0 Å². The van der Waals surface area contributed by atoms with Crippen LogP contribution in [0.15, 0.2) is 36.7 Å². The van der Waals surface area contributed by atoms with E-state index in [0.717, 1.165) is 48.0 Å². The number of carbonyl (C=O) groups excluding carboxylic acids is 1. The van der Waals surface area contributed by atoms with Gasteiger partial charge in [0.1, 0.15) is 0 Å². The Labute approximate surface area is 183 Å². The summed E-state index contributed by atoms with van der Waals surface area (Å²) in [5, 5.41) is 14.3. The lowest BCUT2D eigenvalue weighted by Crippen LogP contribution is -2.47.